The topological polar surface area (TPSA) is 62.0 Å². The van der Waals surface area contributed by atoms with Crippen LogP contribution in [0, 0.1) is 13.8 Å². The average Bonchev–Trinajstić information content (AvgIpc) is 3.02. The lowest BCUT2D eigenvalue weighted by Gasteiger charge is -2.07. The number of aromatic nitrogens is 2. The molecule has 0 spiro atoms. The number of aromatic amines is 1. The Morgan fingerprint density at radius 3 is 2.08 bits per heavy atom. The third-order valence-corrected chi connectivity index (χ3v) is 4.02. The first kappa shape index (κ1) is 17.0. The predicted molar refractivity (Wildman–Crippen MR) is 106 cm³/mol. The van der Waals surface area contributed by atoms with Crippen molar-refractivity contribution in [2.75, 3.05) is 17.7 Å². The van der Waals surface area contributed by atoms with Crippen LogP contribution in [0.3, 0.4) is 0 Å². The number of rotatable bonds is 5. The molecule has 0 fully saturated rings. The number of hydrogen-bond donors (Lipinski definition) is 3. The van der Waals surface area contributed by atoms with Crippen LogP contribution in [0.5, 0.6) is 5.88 Å². The van der Waals surface area contributed by atoms with Gasteiger partial charge in [-0.1, -0.05) is 47.6 Å². The molecule has 1 heterocycles. The van der Waals surface area contributed by atoms with Crippen LogP contribution in [-0.4, -0.2) is 22.1 Å². The van der Waals surface area contributed by atoms with Crippen molar-refractivity contribution in [2.24, 2.45) is 0 Å². The molecule has 2 aromatic carbocycles. The summed E-state index contributed by atoms with van der Waals surface area (Å²) in [6, 6.07) is 16.1. The third-order valence-electron chi connectivity index (χ3n) is 3.71. The van der Waals surface area contributed by atoms with E-state index in [1.54, 1.807) is 7.11 Å². The minimum absolute atomic E-state index is 0.444. The van der Waals surface area contributed by atoms with Gasteiger partial charge < -0.3 is 20.4 Å². The summed E-state index contributed by atoms with van der Waals surface area (Å²) in [5.41, 5.74) is 4.88. The second-order valence-corrected chi connectivity index (χ2v) is 6.19. The number of nitrogens with one attached hydrogen (secondary N) is 3. The highest BCUT2D eigenvalue weighted by molar-refractivity contribution is 7.81. The number of benzene rings is 2. The molecule has 0 radical (unpaired) electrons. The smallest absolute Gasteiger partial charge is 0.243 e. The van der Waals surface area contributed by atoms with E-state index in [1.165, 1.54) is 11.1 Å². The minimum atomic E-state index is 0.444. The number of aryl methyl sites for hydroxylation is 2. The summed E-state index contributed by atoms with van der Waals surface area (Å²) in [7, 11) is 1.57. The van der Waals surface area contributed by atoms with Crippen molar-refractivity contribution in [1.29, 1.82) is 0 Å². The van der Waals surface area contributed by atoms with E-state index in [1.807, 2.05) is 62.4 Å². The number of ether oxygens (including phenoxy) is 1. The van der Waals surface area contributed by atoms with Gasteiger partial charge in [-0.3, -0.25) is 0 Å². The Morgan fingerprint density at radius 1 is 0.960 bits per heavy atom. The molecule has 0 aliphatic rings. The molecule has 25 heavy (non-hydrogen) atoms. The summed E-state index contributed by atoms with van der Waals surface area (Å²) in [5.74, 6) is 1.02. The van der Waals surface area contributed by atoms with Gasteiger partial charge in [-0.15, -0.1) is 0 Å². The monoisotopic (exact) mass is 352 g/mol. The normalized spacial score (nSPS) is 10.4. The molecular formula is C19H20N4OS. The lowest BCUT2D eigenvalue weighted by Crippen LogP contribution is -2.12. The quantitative estimate of drug-likeness (QED) is 0.587. The fourth-order valence-corrected chi connectivity index (χ4v) is 2.58. The Labute approximate surface area is 152 Å². The Bertz CT molecular complexity index is 869. The molecule has 0 aliphatic carbocycles. The van der Waals surface area contributed by atoms with Gasteiger partial charge in [0.2, 0.25) is 11.8 Å². The SMILES string of the molecule is COc1nc(Nc2ccc(C)cc2)[nH]c1C(=S)Nc1ccc(C)cc1. The molecule has 128 valence electrons. The number of thiocarbonyl (C=S) groups is 1. The molecule has 0 aliphatic heterocycles. The number of hydrogen-bond acceptors (Lipinski definition) is 4. The predicted octanol–water partition coefficient (Wildman–Crippen LogP) is 4.57. The summed E-state index contributed by atoms with van der Waals surface area (Å²) in [5, 5.41) is 6.42. The van der Waals surface area contributed by atoms with E-state index in [4.69, 9.17) is 17.0 Å². The zero-order valence-corrected chi connectivity index (χ0v) is 15.2. The zero-order chi connectivity index (χ0) is 17.8. The maximum absolute atomic E-state index is 5.49. The fraction of sp³-hybridized carbons (Fsp3) is 0.158. The van der Waals surface area contributed by atoms with E-state index in [-0.39, 0.29) is 0 Å². The van der Waals surface area contributed by atoms with E-state index in [9.17, 15) is 0 Å². The van der Waals surface area contributed by atoms with Gasteiger partial charge in [0.25, 0.3) is 0 Å². The highest BCUT2D eigenvalue weighted by Gasteiger charge is 2.15. The number of H-pyrrole nitrogens is 1. The minimum Gasteiger partial charge on any atom is -0.479 e. The molecule has 3 rings (SSSR count). The molecule has 5 nitrogen and oxygen atoms in total. The molecule has 3 aromatic rings. The molecule has 0 unspecified atom stereocenters. The van der Waals surface area contributed by atoms with Crippen molar-refractivity contribution in [3.8, 4) is 5.88 Å². The molecule has 1 aromatic heterocycles. The fourth-order valence-electron chi connectivity index (χ4n) is 2.32. The Kier molecular flexibility index (Phi) is 5.00. The second-order valence-electron chi connectivity index (χ2n) is 5.78. The van der Waals surface area contributed by atoms with Crippen LogP contribution in [-0.2, 0) is 0 Å². The van der Waals surface area contributed by atoms with Gasteiger partial charge >= 0.3 is 0 Å². The summed E-state index contributed by atoms with van der Waals surface area (Å²) in [4.78, 5) is 8.10. The largest absolute Gasteiger partial charge is 0.479 e. The van der Waals surface area contributed by atoms with Crippen LogP contribution in [0.15, 0.2) is 48.5 Å². The third kappa shape index (κ3) is 4.16. The Balaban J connectivity index is 1.78. The second kappa shape index (κ2) is 7.36. The van der Waals surface area contributed by atoms with Gasteiger partial charge in [-0.2, -0.15) is 4.98 Å². The molecule has 0 amide bonds. The van der Waals surface area contributed by atoms with Crippen molar-refractivity contribution in [3.63, 3.8) is 0 Å². The first-order valence-corrected chi connectivity index (χ1v) is 8.31. The van der Waals surface area contributed by atoms with Gasteiger partial charge in [0.05, 0.1) is 7.11 Å². The Hall–Kier alpha value is -2.86. The van der Waals surface area contributed by atoms with Gasteiger partial charge in [-0.05, 0) is 38.1 Å². The van der Waals surface area contributed by atoms with Crippen molar-refractivity contribution >= 4 is 34.5 Å². The van der Waals surface area contributed by atoms with Crippen LogP contribution in [0.1, 0.15) is 16.8 Å². The highest BCUT2D eigenvalue weighted by Crippen LogP contribution is 2.23. The number of nitrogens with zero attached hydrogens (tertiary/aromatic N) is 1. The van der Waals surface area contributed by atoms with Crippen LogP contribution in [0.25, 0.3) is 0 Å². The summed E-state index contributed by atoms with van der Waals surface area (Å²) in [6.45, 7) is 4.09. The first-order chi connectivity index (χ1) is 12.0. The lowest BCUT2D eigenvalue weighted by atomic mass is 10.2. The maximum atomic E-state index is 5.49. The van der Waals surface area contributed by atoms with Crippen LogP contribution in [0.4, 0.5) is 17.3 Å². The molecule has 0 saturated carbocycles. The van der Waals surface area contributed by atoms with E-state index in [0.717, 1.165) is 11.4 Å². The molecule has 3 N–H and O–H groups in total. The highest BCUT2D eigenvalue weighted by atomic mass is 32.1. The van der Waals surface area contributed by atoms with E-state index in [0.29, 0.717) is 22.5 Å². The van der Waals surface area contributed by atoms with E-state index in [2.05, 4.69) is 20.6 Å². The average molecular weight is 352 g/mol. The number of methoxy groups -OCH3 is 1. The van der Waals surface area contributed by atoms with Crippen molar-refractivity contribution in [2.45, 2.75) is 13.8 Å². The van der Waals surface area contributed by atoms with E-state index >= 15 is 0 Å². The zero-order valence-electron chi connectivity index (χ0n) is 14.4. The van der Waals surface area contributed by atoms with E-state index < -0.39 is 0 Å². The number of imidazole rings is 1. The number of anilines is 3. The van der Waals surface area contributed by atoms with Crippen molar-refractivity contribution in [1.82, 2.24) is 9.97 Å². The molecular weight excluding hydrogens is 332 g/mol. The van der Waals surface area contributed by atoms with Gasteiger partial charge in [0.1, 0.15) is 10.7 Å². The lowest BCUT2D eigenvalue weighted by molar-refractivity contribution is 0.399. The van der Waals surface area contributed by atoms with Crippen molar-refractivity contribution in [3.05, 3.63) is 65.4 Å². The molecule has 6 heteroatoms. The van der Waals surface area contributed by atoms with Crippen LogP contribution in [0.2, 0.25) is 0 Å². The van der Waals surface area contributed by atoms with Crippen LogP contribution >= 0.6 is 12.2 Å². The molecule has 0 atom stereocenters. The van der Waals surface area contributed by atoms with Crippen LogP contribution < -0.4 is 15.4 Å². The summed E-state index contributed by atoms with van der Waals surface area (Å²) >= 11 is 5.49. The molecule has 0 saturated heterocycles. The first-order valence-electron chi connectivity index (χ1n) is 7.91. The van der Waals surface area contributed by atoms with Gasteiger partial charge in [0, 0.05) is 11.4 Å². The maximum Gasteiger partial charge on any atom is 0.243 e. The summed E-state index contributed by atoms with van der Waals surface area (Å²) < 4.78 is 5.35. The van der Waals surface area contributed by atoms with Gasteiger partial charge in [-0.25, -0.2) is 0 Å². The molecule has 0 bridgehead atoms. The van der Waals surface area contributed by atoms with Crippen molar-refractivity contribution < 1.29 is 4.74 Å². The standard InChI is InChI=1S/C19H20N4OS/c1-12-4-8-14(9-5-12)20-18(25)16-17(24-3)23-19(22-16)21-15-10-6-13(2)7-11-15/h4-11H,1-3H3,(H,20,25)(H2,21,22,23). The Morgan fingerprint density at radius 2 is 1.52 bits per heavy atom. The van der Waals surface area contributed by atoms with Gasteiger partial charge in [0.15, 0.2) is 0 Å². The summed E-state index contributed by atoms with van der Waals surface area (Å²) in [6.07, 6.45) is 0.